The molecule has 0 bridgehead atoms. The molecule has 0 aliphatic heterocycles. The van der Waals surface area contributed by atoms with Crippen LogP contribution < -0.4 is 5.73 Å². The zero-order valence-corrected chi connectivity index (χ0v) is 16.8. The molecule has 0 aliphatic rings. The molecule has 3 aromatic carbocycles. The highest BCUT2D eigenvalue weighted by Crippen LogP contribution is 2.36. The quantitative estimate of drug-likeness (QED) is 0.364. The van der Waals surface area contributed by atoms with Crippen molar-refractivity contribution in [1.82, 2.24) is 4.57 Å². The molecule has 0 saturated heterocycles. The largest absolute Gasteiger partial charge is 0.366 e. The van der Waals surface area contributed by atoms with Crippen LogP contribution in [0.3, 0.4) is 0 Å². The lowest BCUT2D eigenvalue weighted by atomic mass is 10.0. The number of halogens is 3. The number of hydrogen-bond acceptors (Lipinski definition) is 2. The van der Waals surface area contributed by atoms with Crippen LogP contribution in [0.5, 0.6) is 0 Å². The summed E-state index contributed by atoms with van der Waals surface area (Å²) in [6.45, 7) is -0.173. The zero-order chi connectivity index (χ0) is 21.7. The van der Waals surface area contributed by atoms with Crippen LogP contribution >= 0.6 is 11.3 Å². The van der Waals surface area contributed by atoms with E-state index in [4.69, 9.17) is 5.73 Å². The molecule has 0 fully saturated rings. The first-order valence-electron chi connectivity index (χ1n) is 9.46. The maximum Gasteiger partial charge on any atom is 0.249 e. The van der Waals surface area contributed by atoms with E-state index in [2.05, 4.69) is 0 Å². The number of hydrogen-bond donors (Lipinski definition) is 1. The van der Waals surface area contributed by atoms with Crippen LogP contribution in [0.4, 0.5) is 13.2 Å². The minimum atomic E-state index is -0.975. The van der Waals surface area contributed by atoms with Crippen LogP contribution in [0.25, 0.3) is 32.2 Å². The number of carbonyl (C=O) groups excluding carboxylic acids is 1. The van der Waals surface area contributed by atoms with Gasteiger partial charge in [0.05, 0.1) is 17.6 Å². The summed E-state index contributed by atoms with van der Waals surface area (Å²) in [7, 11) is 0. The smallest absolute Gasteiger partial charge is 0.249 e. The van der Waals surface area contributed by atoms with Crippen LogP contribution in [0.2, 0.25) is 0 Å². The van der Waals surface area contributed by atoms with Gasteiger partial charge in [0.1, 0.15) is 17.5 Å². The van der Waals surface area contributed by atoms with Gasteiger partial charge in [-0.2, -0.15) is 0 Å². The van der Waals surface area contributed by atoms with Gasteiger partial charge in [0.15, 0.2) is 0 Å². The maximum atomic E-state index is 14.4. The predicted octanol–water partition coefficient (Wildman–Crippen LogP) is 6.09. The molecule has 154 valence electrons. The van der Waals surface area contributed by atoms with E-state index in [0.29, 0.717) is 34.1 Å². The van der Waals surface area contributed by atoms with E-state index in [1.54, 1.807) is 34.1 Å². The van der Waals surface area contributed by atoms with Crippen LogP contribution in [0, 0.1) is 17.5 Å². The molecule has 0 unspecified atom stereocenters. The van der Waals surface area contributed by atoms with Crippen molar-refractivity contribution in [1.29, 1.82) is 0 Å². The Balaban J connectivity index is 1.83. The van der Waals surface area contributed by atoms with Gasteiger partial charge in [-0.05, 0) is 35.2 Å². The monoisotopic (exact) mass is 436 g/mol. The molecule has 1 amide bonds. The SMILES string of the molecule is NC(=O)c1cccc2c1c1ccc(-c3cccs3)cc1n2Cc1c(F)cc(F)cc1F. The summed E-state index contributed by atoms with van der Waals surface area (Å²) in [5, 5.41) is 3.32. The molecule has 0 saturated carbocycles. The lowest BCUT2D eigenvalue weighted by molar-refractivity contribution is 0.100. The van der Waals surface area contributed by atoms with Gasteiger partial charge in [0.2, 0.25) is 5.91 Å². The zero-order valence-electron chi connectivity index (χ0n) is 16.0. The Morgan fingerprint density at radius 2 is 1.71 bits per heavy atom. The number of amides is 1. The molecule has 0 atom stereocenters. The molecule has 2 N–H and O–H groups in total. The molecule has 7 heteroatoms. The molecule has 0 spiro atoms. The van der Waals surface area contributed by atoms with Gasteiger partial charge in [-0.1, -0.05) is 24.3 Å². The fraction of sp³-hybridized carbons (Fsp3) is 0.0417. The predicted molar refractivity (Wildman–Crippen MR) is 117 cm³/mol. The minimum absolute atomic E-state index is 0.173. The van der Waals surface area contributed by atoms with Crippen molar-refractivity contribution in [3.8, 4) is 10.4 Å². The summed E-state index contributed by atoms with van der Waals surface area (Å²) in [4.78, 5) is 13.1. The van der Waals surface area contributed by atoms with Gasteiger partial charge in [0, 0.05) is 38.9 Å². The van der Waals surface area contributed by atoms with E-state index >= 15 is 0 Å². The fourth-order valence-electron chi connectivity index (χ4n) is 4.00. The van der Waals surface area contributed by atoms with E-state index in [0.717, 1.165) is 15.8 Å². The standard InChI is InChI=1S/C24H15F3N2OS/c25-14-10-18(26)17(19(27)11-14)12-29-20-4-1-3-16(24(28)30)23(20)15-7-6-13(9-21(15)29)22-5-2-8-31-22/h1-11H,12H2,(H2,28,30). The minimum Gasteiger partial charge on any atom is -0.366 e. The number of rotatable bonds is 4. The van der Waals surface area contributed by atoms with Gasteiger partial charge >= 0.3 is 0 Å². The average Bonchev–Trinajstić information content (AvgIpc) is 3.37. The molecule has 0 radical (unpaired) electrons. The van der Waals surface area contributed by atoms with Crippen molar-refractivity contribution in [2.45, 2.75) is 6.54 Å². The number of nitrogens with two attached hydrogens (primary N) is 1. The van der Waals surface area contributed by atoms with Gasteiger partial charge in [-0.25, -0.2) is 13.2 Å². The molecule has 31 heavy (non-hydrogen) atoms. The van der Waals surface area contributed by atoms with E-state index < -0.39 is 23.4 Å². The Hall–Kier alpha value is -3.58. The highest BCUT2D eigenvalue weighted by atomic mass is 32.1. The van der Waals surface area contributed by atoms with Crippen molar-refractivity contribution in [3.63, 3.8) is 0 Å². The molecular weight excluding hydrogens is 421 g/mol. The van der Waals surface area contributed by atoms with Crippen LogP contribution in [-0.2, 0) is 6.54 Å². The first-order valence-corrected chi connectivity index (χ1v) is 10.3. The third-order valence-electron chi connectivity index (χ3n) is 5.38. The third-order valence-corrected chi connectivity index (χ3v) is 6.30. The molecule has 5 aromatic rings. The first-order chi connectivity index (χ1) is 14.9. The lowest BCUT2D eigenvalue weighted by Crippen LogP contribution is -2.11. The second kappa shape index (κ2) is 7.28. The van der Waals surface area contributed by atoms with E-state index in [1.807, 2.05) is 35.7 Å². The van der Waals surface area contributed by atoms with Gasteiger partial charge < -0.3 is 10.3 Å². The first kappa shape index (κ1) is 19.4. The van der Waals surface area contributed by atoms with E-state index in [1.165, 1.54) is 0 Å². The van der Waals surface area contributed by atoms with Crippen molar-refractivity contribution in [2.75, 3.05) is 0 Å². The van der Waals surface area contributed by atoms with Crippen LogP contribution in [0.1, 0.15) is 15.9 Å². The summed E-state index contributed by atoms with van der Waals surface area (Å²) in [6.07, 6.45) is 0. The average molecular weight is 436 g/mol. The Kier molecular flexibility index (Phi) is 4.55. The van der Waals surface area contributed by atoms with Gasteiger partial charge in [-0.15, -0.1) is 11.3 Å². The summed E-state index contributed by atoms with van der Waals surface area (Å²) in [5.41, 5.74) is 7.90. The van der Waals surface area contributed by atoms with Crippen LogP contribution in [0.15, 0.2) is 66.0 Å². The third kappa shape index (κ3) is 3.18. The number of benzene rings is 3. The lowest BCUT2D eigenvalue weighted by Gasteiger charge is -2.11. The second-order valence-electron chi connectivity index (χ2n) is 7.21. The van der Waals surface area contributed by atoms with Crippen molar-refractivity contribution in [2.24, 2.45) is 5.73 Å². The fourth-order valence-corrected chi connectivity index (χ4v) is 4.72. The Labute approximate surface area is 179 Å². The number of carbonyl (C=O) groups is 1. The molecule has 0 aliphatic carbocycles. The summed E-state index contributed by atoms with van der Waals surface area (Å²) >= 11 is 1.57. The highest BCUT2D eigenvalue weighted by Gasteiger charge is 2.20. The Morgan fingerprint density at radius 3 is 2.39 bits per heavy atom. The molecular formula is C24H15F3N2OS. The summed E-state index contributed by atoms with van der Waals surface area (Å²) in [5.74, 6) is -3.50. The van der Waals surface area contributed by atoms with E-state index in [9.17, 15) is 18.0 Å². The molecule has 2 heterocycles. The maximum absolute atomic E-state index is 14.4. The second-order valence-corrected chi connectivity index (χ2v) is 8.16. The van der Waals surface area contributed by atoms with Crippen molar-refractivity contribution < 1.29 is 18.0 Å². The summed E-state index contributed by atoms with van der Waals surface area (Å²) in [6, 6.07) is 16.1. The normalized spacial score (nSPS) is 11.5. The van der Waals surface area contributed by atoms with Crippen molar-refractivity contribution in [3.05, 3.63) is 94.6 Å². The van der Waals surface area contributed by atoms with Crippen molar-refractivity contribution >= 4 is 39.0 Å². The van der Waals surface area contributed by atoms with Crippen LogP contribution in [-0.4, -0.2) is 10.5 Å². The van der Waals surface area contributed by atoms with Gasteiger partial charge in [-0.3, -0.25) is 4.79 Å². The molecule has 2 aromatic heterocycles. The molecule has 3 nitrogen and oxygen atoms in total. The molecule has 5 rings (SSSR count). The number of primary amides is 1. The van der Waals surface area contributed by atoms with Gasteiger partial charge in [0.25, 0.3) is 0 Å². The number of thiophene rings is 1. The Bertz CT molecular complexity index is 1450. The highest BCUT2D eigenvalue weighted by molar-refractivity contribution is 7.13. The Morgan fingerprint density at radius 1 is 0.935 bits per heavy atom. The number of fused-ring (bicyclic) bond motifs is 3. The topological polar surface area (TPSA) is 48.0 Å². The number of aromatic nitrogens is 1. The number of nitrogens with zero attached hydrogens (tertiary/aromatic N) is 1. The van der Waals surface area contributed by atoms with E-state index in [-0.39, 0.29) is 12.1 Å². The summed E-state index contributed by atoms with van der Waals surface area (Å²) < 4.78 is 44.0.